The Morgan fingerprint density at radius 1 is 1.28 bits per heavy atom. The van der Waals surface area contributed by atoms with Crippen LogP contribution in [0.15, 0.2) is 12.1 Å². The summed E-state index contributed by atoms with van der Waals surface area (Å²) in [6, 6.07) is 4.43. The third kappa shape index (κ3) is 3.14. The molecule has 1 aliphatic rings. The molecule has 18 heavy (non-hydrogen) atoms. The Hall–Kier alpha value is -0.820. The molecule has 1 aromatic rings. The number of Topliss-reactive ketones (excluding diaryl/α,β-unsaturated/α-hetero) is 1. The van der Waals surface area contributed by atoms with Gasteiger partial charge in [0.05, 0.1) is 0 Å². The van der Waals surface area contributed by atoms with Crippen LogP contribution in [-0.2, 0) is 17.6 Å². The molecule has 0 aromatic heterocycles. The zero-order valence-corrected chi connectivity index (χ0v) is 12.0. The maximum atomic E-state index is 11.1. The summed E-state index contributed by atoms with van der Waals surface area (Å²) in [5.74, 6) is 0.629. The second kappa shape index (κ2) is 5.88. The van der Waals surface area contributed by atoms with Gasteiger partial charge in [-0.25, -0.2) is 0 Å². The molecule has 1 aromatic carbocycles. The highest BCUT2D eigenvalue weighted by molar-refractivity contribution is 6.31. The standard InChI is InChI=1S/C16H21ClO/c1-11(7-8-12(2)18)15-9-13-5-3-4-6-14(13)10-16(15)17/h9-11H,3-8H2,1-2H3. The van der Waals surface area contributed by atoms with Crippen LogP contribution in [0.25, 0.3) is 0 Å². The van der Waals surface area contributed by atoms with Crippen molar-refractivity contribution in [3.05, 3.63) is 33.8 Å². The van der Waals surface area contributed by atoms with Crippen LogP contribution in [0.1, 0.15) is 62.1 Å². The molecular formula is C16H21ClO. The Balaban J connectivity index is 2.19. The molecule has 98 valence electrons. The molecule has 2 heteroatoms. The summed E-state index contributed by atoms with van der Waals surface area (Å²) in [5, 5.41) is 0.881. The molecule has 0 saturated carbocycles. The SMILES string of the molecule is CC(=O)CCC(C)c1cc2c(cc1Cl)CCCC2. The van der Waals surface area contributed by atoms with E-state index in [1.165, 1.54) is 36.0 Å². The molecule has 1 aliphatic carbocycles. The lowest BCUT2D eigenvalue weighted by Gasteiger charge is -2.20. The summed E-state index contributed by atoms with van der Waals surface area (Å²) in [6.45, 7) is 3.82. The number of benzene rings is 1. The molecule has 0 heterocycles. The quantitative estimate of drug-likeness (QED) is 0.771. The van der Waals surface area contributed by atoms with E-state index in [0.717, 1.165) is 17.9 Å². The fourth-order valence-electron chi connectivity index (χ4n) is 2.73. The lowest BCUT2D eigenvalue weighted by Crippen LogP contribution is -2.06. The van der Waals surface area contributed by atoms with Crippen LogP contribution in [0.3, 0.4) is 0 Å². The molecule has 0 bridgehead atoms. The minimum Gasteiger partial charge on any atom is -0.300 e. The molecule has 2 rings (SSSR count). The van der Waals surface area contributed by atoms with E-state index in [1.807, 2.05) is 0 Å². The molecule has 0 aliphatic heterocycles. The van der Waals surface area contributed by atoms with E-state index in [2.05, 4.69) is 19.1 Å². The third-order valence-corrected chi connectivity index (χ3v) is 4.25. The predicted octanol–water partition coefficient (Wildman–Crippen LogP) is 4.69. The summed E-state index contributed by atoms with van der Waals surface area (Å²) < 4.78 is 0. The van der Waals surface area contributed by atoms with Gasteiger partial charge in [-0.2, -0.15) is 0 Å². The van der Waals surface area contributed by atoms with Crippen LogP contribution in [0.2, 0.25) is 5.02 Å². The summed E-state index contributed by atoms with van der Waals surface area (Å²) in [6.07, 6.45) is 6.46. The van der Waals surface area contributed by atoms with E-state index < -0.39 is 0 Å². The third-order valence-electron chi connectivity index (χ3n) is 3.92. The highest BCUT2D eigenvalue weighted by atomic mass is 35.5. The minimum atomic E-state index is 0.260. The Bertz CT molecular complexity index is 451. The molecule has 0 N–H and O–H groups in total. The van der Waals surface area contributed by atoms with Crippen molar-refractivity contribution >= 4 is 17.4 Å². The average Bonchev–Trinajstić information content (AvgIpc) is 2.35. The number of ketones is 1. The van der Waals surface area contributed by atoms with Gasteiger partial charge in [0, 0.05) is 11.4 Å². The van der Waals surface area contributed by atoms with Gasteiger partial charge in [-0.15, -0.1) is 0 Å². The van der Waals surface area contributed by atoms with E-state index in [-0.39, 0.29) is 5.78 Å². The Labute approximate surface area is 115 Å². The van der Waals surface area contributed by atoms with E-state index in [1.54, 1.807) is 6.92 Å². The van der Waals surface area contributed by atoms with Crippen molar-refractivity contribution in [1.29, 1.82) is 0 Å². The summed E-state index contributed by atoms with van der Waals surface area (Å²) in [7, 11) is 0. The van der Waals surface area contributed by atoms with Crippen molar-refractivity contribution in [3.8, 4) is 0 Å². The van der Waals surface area contributed by atoms with Crippen molar-refractivity contribution in [3.63, 3.8) is 0 Å². The van der Waals surface area contributed by atoms with Gasteiger partial charge in [0.25, 0.3) is 0 Å². The van der Waals surface area contributed by atoms with Crippen LogP contribution in [0, 0.1) is 0 Å². The van der Waals surface area contributed by atoms with Gasteiger partial charge in [0.15, 0.2) is 0 Å². The number of rotatable bonds is 4. The van der Waals surface area contributed by atoms with Crippen molar-refractivity contribution in [2.45, 2.75) is 58.3 Å². The Morgan fingerprint density at radius 3 is 2.50 bits per heavy atom. The molecule has 0 amide bonds. The summed E-state index contributed by atoms with van der Waals surface area (Å²) >= 11 is 6.39. The maximum Gasteiger partial charge on any atom is 0.129 e. The fourth-order valence-corrected chi connectivity index (χ4v) is 3.10. The zero-order valence-electron chi connectivity index (χ0n) is 11.3. The van der Waals surface area contributed by atoms with Gasteiger partial charge in [0.2, 0.25) is 0 Å². The van der Waals surface area contributed by atoms with Gasteiger partial charge in [-0.05, 0) is 67.7 Å². The van der Waals surface area contributed by atoms with Gasteiger partial charge in [0.1, 0.15) is 5.78 Å². The maximum absolute atomic E-state index is 11.1. The van der Waals surface area contributed by atoms with Crippen LogP contribution in [-0.4, -0.2) is 5.78 Å². The fraction of sp³-hybridized carbons (Fsp3) is 0.562. The lowest BCUT2D eigenvalue weighted by atomic mass is 9.86. The van der Waals surface area contributed by atoms with Crippen LogP contribution < -0.4 is 0 Å². The number of aryl methyl sites for hydroxylation is 2. The molecule has 0 spiro atoms. The van der Waals surface area contributed by atoms with Gasteiger partial charge >= 0.3 is 0 Å². The van der Waals surface area contributed by atoms with E-state index >= 15 is 0 Å². The number of carbonyl (C=O) groups is 1. The van der Waals surface area contributed by atoms with E-state index in [4.69, 9.17) is 11.6 Å². The van der Waals surface area contributed by atoms with Crippen LogP contribution in [0.4, 0.5) is 0 Å². The number of hydrogen-bond acceptors (Lipinski definition) is 1. The second-order valence-electron chi connectivity index (χ2n) is 5.49. The molecular weight excluding hydrogens is 244 g/mol. The predicted molar refractivity (Wildman–Crippen MR) is 76.4 cm³/mol. The van der Waals surface area contributed by atoms with E-state index in [0.29, 0.717) is 12.3 Å². The number of halogens is 1. The number of hydrogen-bond donors (Lipinski definition) is 0. The Kier molecular flexibility index (Phi) is 4.45. The van der Waals surface area contributed by atoms with Crippen molar-refractivity contribution in [2.24, 2.45) is 0 Å². The highest BCUT2D eigenvalue weighted by Crippen LogP contribution is 2.33. The first-order chi connectivity index (χ1) is 8.58. The number of carbonyl (C=O) groups excluding carboxylic acids is 1. The number of fused-ring (bicyclic) bond motifs is 1. The monoisotopic (exact) mass is 264 g/mol. The molecule has 1 nitrogen and oxygen atoms in total. The normalized spacial score (nSPS) is 16.2. The van der Waals surface area contributed by atoms with Crippen molar-refractivity contribution < 1.29 is 4.79 Å². The van der Waals surface area contributed by atoms with Crippen LogP contribution in [0.5, 0.6) is 0 Å². The van der Waals surface area contributed by atoms with Gasteiger partial charge < -0.3 is 4.79 Å². The Morgan fingerprint density at radius 2 is 1.89 bits per heavy atom. The second-order valence-corrected chi connectivity index (χ2v) is 5.90. The molecule has 0 radical (unpaired) electrons. The molecule has 0 fully saturated rings. The first-order valence-corrected chi connectivity index (χ1v) is 7.26. The van der Waals surface area contributed by atoms with E-state index in [9.17, 15) is 4.79 Å². The largest absolute Gasteiger partial charge is 0.300 e. The smallest absolute Gasteiger partial charge is 0.129 e. The minimum absolute atomic E-state index is 0.260. The summed E-state index contributed by atoms with van der Waals surface area (Å²) in [4.78, 5) is 11.1. The lowest BCUT2D eigenvalue weighted by molar-refractivity contribution is -0.117. The topological polar surface area (TPSA) is 17.1 Å². The van der Waals surface area contributed by atoms with Gasteiger partial charge in [-0.3, -0.25) is 0 Å². The van der Waals surface area contributed by atoms with Crippen molar-refractivity contribution in [2.75, 3.05) is 0 Å². The first kappa shape index (κ1) is 13.6. The summed E-state index contributed by atoms with van der Waals surface area (Å²) in [5.41, 5.74) is 4.11. The molecule has 1 atom stereocenters. The highest BCUT2D eigenvalue weighted by Gasteiger charge is 2.16. The molecule has 1 unspecified atom stereocenters. The van der Waals surface area contributed by atoms with Crippen LogP contribution >= 0.6 is 11.6 Å². The van der Waals surface area contributed by atoms with Gasteiger partial charge in [-0.1, -0.05) is 24.6 Å². The van der Waals surface area contributed by atoms with Crippen molar-refractivity contribution in [1.82, 2.24) is 0 Å². The first-order valence-electron chi connectivity index (χ1n) is 6.88. The molecule has 0 saturated heterocycles. The average molecular weight is 265 g/mol. The zero-order chi connectivity index (χ0) is 13.1.